The molecule has 0 aromatic heterocycles. The van der Waals surface area contributed by atoms with E-state index in [4.69, 9.17) is 14.2 Å². The first-order valence-electron chi connectivity index (χ1n) is 8.15. The number of hydrogen-bond acceptors (Lipinski definition) is 6. The van der Waals surface area contributed by atoms with Crippen molar-refractivity contribution in [2.24, 2.45) is 5.92 Å². The zero-order valence-corrected chi connectivity index (χ0v) is 14.5. The summed E-state index contributed by atoms with van der Waals surface area (Å²) in [6.45, 7) is 1.00. The van der Waals surface area contributed by atoms with Crippen LogP contribution in [0.4, 0.5) is 0 Å². The number of methoxy groups -OCH3 is 2. The van der Waals surface area contributed by atoms with Gasteiger partial charge in [-0.1, -0.05) is 12.1 Å². The summed E-state index contributed by atoms with van der Waals surface area (Å²) < 4.78 is 14.9. The Balaban J connectivity index is 1.81. The van der Waals surface area contributed by atoms with Gasteiger partial charge >= 0.3 is 11.9 Å². The predicted molar refractivity (Wildman–Crippen MR) is 88.8 cm³/mol. The lowest BCUT2D eigenvalue weighted by molar-refractivity contribution is -0.149. The zero-order chi connectivity index (χ0) is 18.2. The highest BCUT2D eigenvalue weighted by atomic mass is 16.5. The van der Waals surface area contributed by atoms with Gasteiger partial charge in [0.25, 0.3) is 5.91 Å². The Morgan fingerprint density at radius 2 is 1.88 bits per heavy atom. The van der Waals surface area contributed by atoms with E-state index in [2.05, 4.69) is 0 Å². The first kappa shape index (κ1) is 18.9. The van der Waals surface area contributed by atoms with Crippen molar-refractivity contribution in [2.45, 2.75) is 19.4 Å². The van der Waals surface area contributed by atoms with Crippen molar-refractivity contribution in [3.05, 3.63) is 35.4 Å². The van der Waals surface area contributed by atoms with Gasteiger partial charge in [-0.15, -0.1) is 0 Å². The van der Waals surface area contributed by atoms with E-state index in [1.807, 2.05) is 6.07 Å². The van der Waals surface area contributed by atoms with E-state index in [1.165, 1.54) is 7.11 Å². The smallest absolute Gasteiger partial charge is 0.338 e. The molecular formula is C18H23NO6. The van der Waals surface area contributed by atoms with Crippen LogP contribution in [0.1, 0.15) is 28.8 Å². The normalized spacial score (nSPS) is 14.9. The molecule has 1 amide bonds. The van der Waals surface area contributed by atoms with Gasteiger partial charge in [-0.25, -0.2) is 4.79 Å². The molecule has 0 unspecified atom stereocenters. The molecule has 2 rings (SSSR count). The quantitative estimate of drug-likeness (QED) is 0.722. The third-order valence-corrected chi connectivity index (χ3v) is 4.18. The monoisotopic (exact) mass is 349 g/mol. The maximum atomic E-state index is 12.2. The number of amides is 1. The zero-order valence-electron chi connectivity index (χ0n) is 14.5. The third kappa shape index (κ3) is 5.29. The summed E-state index contributed by atoms with van der Waals surface area (Å²) in [5, 5.41) is 0. The summed E-state index contributed by atoms with van der Waals surface area (Å²) in [4.78, 5) is 37.3. The second-order valence-corrected chi connectivity index (χ2v) is 5.89. The third-order valence-electron chi connectivity index (χ3n) is 4.18. The second kappa shape index (κ2) is 9.17. The number of hydrogen-bond donors (Lipinski definition) is 0. The van der Waals surface area contributed by atoms with Gasteiger partial charge in [0.15, 0.2) is 6.61 Å². The minimum atomic E-state index is -0.546. The maximum Gasteiger partial charge on any atom is 0.338 e. The summed E-state index contributed by atoms with van der Waals surface area (Å²) in [6.07, 6.45) is 1.12. The van der Waals surface area contributed by atoms with Crippen LogP contribution >= 0.6 is 0 Å². The topological polar surface area (TPSA) is 82.1 Å². The van der Waals surface area contributed by atoms with Gasteiger partial charge < -0.3 is 19.1 Å². The fourth-order valence-corrected chi connectivity index (χ4v) is 2.79. The molecule has 1 aliphatic rings. The lowest BCUT2D eigenvalue weighted by Crippen LogP contribution is -2.42. The average molecular weight is 349 g/mol. The molecule has 136 valence electrons. The highest BCUT2D eigenvalue weighted by Crippen LogP contribution is 2.18. The van der Waals surface area contributed by atoms with Gasteiger partial charge in [0, 0.05) is 20.2 Å². The van der Waals surface area contributed by atoms with Crippen LogP contribution in [-0.2, 0) is 30.4 Å². The van der Waals surface area contributed by atoms with Crippen LogP contribution in [0.2, 0.25) is 0 Å². The molecule has 1 aliphatic heterocycles. The molecule has 1 saturated heterocycles. The SMILES string of the molecule is COCc1cccc(C(=O)OCC(=O)N2CCC(C(=O)OC)CC2)c1. The standard InChI is InChI=1S/C18H23NO6/c1-23-11-13-4-3-5-15(10-13)18(22)25-12-16(20)19-8-6-14(7-9-19)17(21)24-2/h3-5,10,14H,6-9,11-12H2,1-2H3. The number of ether oxygens (including phenoxy) is 3. The fraction of sp³-hybridized carbons (Fsp3) is 0.500. The van der Waals surface area contributed by atoms with Crippen molar-refractivity contribution in [1.82, 2.24) is 4.90 Å². The van der Waals surface area contributed by atoms with Crippen LogP contribution < -0.4 is 0 Å². The van der Waals surface area contributed by atoms with Crippen molar-refractivity contribution in [3.63, 3.8) is 0 Å². The van der Waals surface area contributed by atoms with E-state index < -0.39 is 5.97 Å². The maximum absolute atomic E-state index is 12.2. The number of nitrogens with zero attached hydrogens (tertiary/aromatic N) is 1. The summed E-state index contributed by atoms with van der Waals surface area (Å²) in [5.74, 6) is -1.21. The minimum absolute atomic E-state index is 0.167. The average Bonchev–Trinajstić information content (AvgIpc) is 2.65. The van der Waals surface area contributed by atoms with Crippen LogP contribution in [0.25, 0.3) is 0 Å². The minimum Gasteiger partial charge on any atom is -0.469 e. The second-order valence-electron chi connectivity index (χ2n) is 5.89. The Kier molecular flexibility index (Phi) is 6.94. The van der Waals surface area contributed by atoms with Gasteiger partial charge in [-0.2, -0.15) is 0 Å². The van der Waals surface area contributed by atoms with E-state index in [-0.39, 0.29) is 24.4 Å². The summed E-state index contributed by atoms with van der Waals surface area (Å²) in [7, 11) is 2.94. The molecule has 0 saturated carbocycles. The van der Waals surface area contributed by atoms with Crippen LogP contribution in [-0.4, -0.2) is 56.7 Å². The molecule has 0 spiro atoms. The fourth-order valence-electron chi connectivity index (χ4n) is 2.79. The molecule has 0 N–H and O–H groups in total. The highest BCUT2D eigenvalue weighted by Gasteiger charge is 2.28. The Hall–Kier alpha value is -2.41. The summed E-state index contributed by atoms with van der Waals surface area (Å²) in [5.41, 5.74) is 1.24. The van der Waals surface area contributed by atoms with Crippen molar-refractivity contribution in [1.29, 1.82) is 0 Å². The predicted octanol–water partition coefficient (Wildman–Crippen LogP) is 1.40. The highest BCUT2D eigenvalue weighted by molar-refractivity contribution is 5.91. The van der Waals surface area contributed by atoms with Gasteiger partial charge in [0.1, 0.15) is 0 Å². The van der Waals surface area contributed by atoms with Crippen molar-refractivity contribution < 1.29 is 28.6 Å². The van der Waals surface area contributed by atoms with Crippen LogP contribution in [0.3, 0.4) is 0 Å². The molecular weight excluding hydrogens is 326 g/mol. The van der Waals surface area contributed by atoms with E-state index in [1.54, 1.807) is 30.2 Å². The number of rotatable bonds is 6. The van der Waals surface area contributed by atoms with E-state index in [0.717, 1.165) is 5.56 Å². The Morgan fingerprint density at radius 3 is 2.52 bits per heavy atom. The van der Waals surface area contributed by atoms with Crippen molar-refractivity contribution >= 4 is 17.8 Å². The number of benzene rings is 1. The molecule has 1 fully saturated rings. The van der Waals surface area contributed by atoms with Crippen molar-refractivity contribution in [3.8, 4) is 0 Å². The largest absolute Gasteiger partial charge is 0.469 e. The molecule has 1 aromatic rings. The van der Waals surface area contributed by atoms with Gasteiger partial charge in [-0.3, -0.25) is 9.59 Å². The van der Waals surface area contributed by atoms with E-state index in [9.17, 15) is 14.4 Å². The van der Waals surface area contributed by atoms with Crippen LogP contribution in [0.5, 0.6) is 0 Å². The Labute approximate surface area is 146 Å². The van der Waals surface area contributed by atoms with E-state index >= 15 is 0 Å². The number of esters is 2. The van der Waals surface area contributed by atoms with Crippen molar-refractivity contribution in [2.75, 3.05) is 33.9 Å². The molecule has 7 heteroatoms. The molecule has 1 aromatic carbocycles. The summed E-state index contributed by atoms with van der Waals surface area (Å²) >= 11 is 0. The lowest BCUT2D eigenvalue weighted by atomic mass is 9.97. The molecule has 0 bridgehead atoms. The number of carbonyl (C=O) groups excluding carboxylic acids is 3. The molecule has 0 radical (unpaired) electrons. The molecule has 25 heavy (non-hydrogen) atoms. The number of carbonyl (C=O) groups is 3. The number of piperidine rings is 1. The van der Waals surface area contributed by atoms with Gasteiger partial charge in [0.05, 0.1) is 25.2 Å². The molecule has 0 atom stereocenters. The number of likely N-dealkylation sites (tertiary alicyclic amines) is 1. The Morgan fingerprint density at radius 1 is 1.16 bits per heavy atom. The lowest BCUT2D eigenvalue weighted by Gasteiger charge is -2.30. The first-order chi connectivity index (χ1) is 12.0. The van der Waals surface area contributed by atoms with Gasteiger partial charge in [-0.05, 0) is 30.5 Å². The van der Waals surface area contributed by atoms with Gasteiger partial charge in [0.2, 0.25) is 0 Å². The molecule has 7 nitrogen and oxygen atoms in total. The first-order valence-corrected chi connectivity index (χ1v) is 8.15. The molecule has 0 aliphatic carbocycles. The summed E-state index contributed by atoms with van der Waals surface area (Å²) in [6, 6.07) is 6.90. The van der Waals surface area contributed by atoms with Crippen LogP contribution in [0.15, 0.2) is 24.3 Å². The van der Waals surface area contributed by atoms with E-state index in [0.29, 0.717) is 38.1 Å². The molecule has 1 heterocycles. The Bertz CT molecular complexity index is 622. The van der Waals surface area contributed by atoms with Crippen LogP contribution in [0, 0.1) is 5.92 Å².